The van der Waals surface area contributed by atoms with Crippen LogP contribution in [0.15, 0.2) is 18.5 Å². The number of rotatable bonds is 1. The summed E-state index contributed by atoms with van der Waals surface area (Å²) in [5, 5.41) is 0. The molecule has 0 bridgehead atoms. The molecule has 0 N–H and O–H groups in total. The second-order valence-electron chi connectivity index (χ2n) is 5.72. The SMILES string of the molecule is CCC1(C)CCC(C)(C)c2ccncc21. The van der Waals surface area contributed by atoms with Crippen LogP contribution in [-0.2, 0) is 10.8 Å². The summed E-state index contributed by atoms with van der Waals surface area (Å²) < 4.78 is 0. The highest BCUT2D eigenvalue weighted by molar-refractivity contribution is 5.39. The zero-order valence-electron chi connectivity index (χ0n) is 10.3. The topological polar surface area (TPSA) is 12.9 Å². The first kappa shape index (κ1) is 10.7. The third-order valence-electron chi connectivity index (χ3n) is 4.28. The number of nitrogens with zero attached hydrogens (tertiary/aromatic N) is 1. The largest absolute Gasteiger partial charge is 0.264 e. The molecule has 0 saturated carbocycles. The van der Waals surface area contributed by atoms with Crippen LogP contribution in [0.3, 0.4) is 0 Å². The molecule has 1 atom stereocenters. The molecule has 1 heterocycles. The van der Waals surface area contributed by atoms with Gasteiger partial charge < -0.3 is 0 Å². The molecule has 1 heteroatoms. The lowest BCUT2D eigenvalue weighted by Crippen LogP contribution is -2.35. The maximum absolute atomic E-state index is 4.31. The monoisotopic (exact) mass is 203 g/mol. The van der Waals surface area contributed by atoms with Gasteiger partial charge in [-0.2, -0.15) is 0 Å². The standard InChI is InChI=1S/C14H21N/c1-5-14(4)8-7-13(2,3)11-6-9-15-10-12(11)14/h6,9-10H,5,7-8H2,1-4H3. The number of pyridine rings is 1. The molecule has 0 aromatic carbocycles. The maximum atomic E-state index is 4.31. The molecule has 1 aromatic rings. The van der Waals surface area contributed by atoms with Crippen molar-refractivity contribution < 1.29 is 0 Å². The molecule has 0 aliphatic heterocycles. The fourth-order valence-corrected chi connectivity index (χ4v) is 2.69. The van der Waals surface area contributed by atoms with Gasteiger partial charge in [-0.1, -0.05) is 27.7 Å². The van der Waals surface area contributed by atoms with Crippen molar-refractivity contribution in [1.29, 1.82) is 0 Å². The van der Waals surface area contributed by atoms with Gasteiger partial charge in [0, 0.05) is 12.4 Å². The maximum Gasteiger partial charge on any atom is 0.0308 e. The van der Waals surface area contributed by atoms with E-state index in [1.165, 1.54) is 30.4 Å². The van der Waals surface area contributed by atoms with Crippen LogP contribution in [0.25, 0.3) is 0 Å². The van der Waals surface area contributed by atoms with Crippen LogP contribution in [-0.4, -0.2) is 4.98 Å². The summed E-state index contributed by atoms with van der Waals surface area (Å²) in [6, 6.07) is 2.21. The van der Waals surface area contributed by atoms with Crippen LogP contribution in [0.1, 0.15) is 58.1 Å². The lowest BCUT2D eigenvalue weighted by molar-refractivity contribution is 0.304. The van der Waals surface area contributed by atoms with Crippen molar-refractivity contribution in [3.05, 3.63) is 29.6 Å². The quantitative estimate of drug-likeness (QED) is 0.676. The number of aromatic nitrogens is 1. The van der Waals surface area contributed by atoms with Gasteiger partial charge in [-0.25, -0.2) is 0 Å². The summed E-state index contributed by atoms with van der Waals surface area (Å²) in [5.74, 6) is 0. The van der Waals surface area contributed by atoms with E-state index < -0.39 is 0 Å². The first-order valence-electron chi connectivity index (χ1n) is 5.94. The molecule has 1 aromatic heterocycles. The molecule has 0 fully saturated rings. The predicted octanol–water partition coefficient (Wildman–Crippen LogP) is 3.82. The molecule has 1 aliphatic rings. The van der Waals surface area contributed by atoms with Gasteiger partial charge in [0.25, 0.3) is 0 Å². The van der Waals surface area contributed by atoms with Crippen LogP contribution in [0.4, 0.5) is 0 Å². The molecule has 15 heavy (non-hydrogen) atoms. The summed E-state index contributed by atoms with van der Waals surface area (Å²) in [6.07, 6.45) is 7.80. The number of fused-ring (bicyclic) bond motifs is 1. The Hall–Kier alpha value is -0.850. The first-order chi connectivity index (χ1) is 6.99. The Morgan fingerprint density at radius 3 is 2.60 bits per heavy atom. The van der Waals surface area contributed by atoms with Crippen molar-refractivity contribution >= 4 is 0 Å². The third-order valence-corrected chi connectivity index (χ3v) is 4.28. The Morgan fingerprint density at radius 2 is 1.93 bits per heavy atom. The van der Waals surface area contributed by atoms with Gasteiger partial charge in [-0.05, 0) is 47.3 Å². The lowest BCUT2D eigenvalue weighted by atomic mass is 9.62. The van der Waals surface area contributed by atoms with E-state index >= 15 is 0 Å². The van der Waals surface area contributed by atoms with Crippen LogP contribution >= 0.6 is 0 Å². The van der Waals surface area contributed by atoms with Gasteiger partial charge in [0.15, 0.2) is 0 Å². The smallest absolute Gasteiger partial charge is 0.0308 e. The van der Waals surface area contributed by atoms with Gasteiger partial charge in [0.1, 0.15) is 0 Å². The minimum atomic E-state index is 0.326. The zero-order valence-corrected chi connectivity index (χ0v) is 10.3. The first-order valence-corrected chi connectivity index (χ1v) is 5.94. The Morgan fingerprint density at radius 1 is 1.20 bits per heavy atom. The van der Waals surface area contributed by atoms with E-state index in [2.05, 4.69) is 44.9 Å². The summed E-state index contributed by atoms with van der Waals surface area (Å²) in [7, 11) is 0. The summed E-state index contributed by atoms with van der Waals surface area (Å²) in [4.78, 5) is 4.31. The molecule has 0 amide bonds. The second-order valence-corrected chi connectivity index (χ2v) is 5.72. The van der Waals surface area contributed by atoms with Crippen molar-refractivity contribution in [3.63, 3.8) is 0 Å². The molecule has 1 aliphatic carbocycles. The number of hydrogen-bond donors (Lipinski definition) is 0. The van der Waals surface area contributed by atoms with Crippen molar-refractivity contribution in [2.45, 2.75) is 57.8 Å². The third kappa shape index (κ3) is 1.58. The molecule has 0 spiro atoms. The fourth-order valence-electron chi connectivity index (χ4n) is 2.69. The van der Waals surface area contributed by atoms with Crippen molar-refractivity contribution in [2.75, 3.05) is 0 Å². The van der Waals surface area contributed by atoms with Crippen molar-refractivity contribution in [1.82, 2.24) is 4.98 Å². The predicted molar refractivity (Wildman–Crippen MR) is 64.1 cm³/mol. The summed E-state index contributed by atoms with van der Waals surface area (Å²) >= 11 is 0. The van der Waals surface area contributed by atoms with E-state index in [1.54, 1.807) is 0 Å². The van der Waals surface area contributed by atoms with Gasteiger partial charge >= 0.3 is 0 Å². The van der Waals surface area contributed by atoms with Gasteiger partial charge in [0.05, 0.1) is 0 Å². The highest BCUT2D eigenvalue weighted by Crippen LogP contribution is 2.46. The Labute approximate surface area is 92.9 Å². The van der Waals surface area contributed by atoms with E-state index in [1.807, 2.05) is 6.20 Å². The fraction of sp³-hybridized carbons (Fsp3) is 0.643. The highest BCUT2D eigenvalue weighted by atomic mass is 14.6. The molecule has 1 unspecified atom stereocenters. The van der Waals surface area contributed by atoms with E-state index in [4.69, 9.17) is 0 Å². The van der Waals surface area contributed by atoms with E-state index in [9.17, 15) is 0 Å². The van der Waals surface area contributed by atoms with E-state index in [0.717, 1.165) is 0 Å². The Balaban J connectivity index is 2.59. The van der Waals surface area contributed by atoms with Crippen molar-refractivity contribution in [2.24, 2.45) is 0 Å². The van der Waals surface area contributed by atoms with E-state index in [-0.39, 0.29) is 0 Å². The molecular weight excluding hydrogens is 182 g/mol. The van der Waals surface area contributed by atoms with Gasteiger partial charge in [-0.3, -0.25) is 4.98 Å². The molecular formula is C14H21N. The van der Waals surface area contributed by atoms with Crippen LogP contribution in [0.2, 0.25) is 0 Å². The van der Waals surface area contributed by atoms with Crippen LogP contribution in [0, 0.1) is 0 Å². The van der Waals surface area contributed by atoms with Crippen LogP contribution < -0.4 is 0 Å². The zero-order chi connectivity index (χ0) is 11.1. The van der Waals surface area contributed by atoms with Gasteiger partial charge in [0.2, 0.25) is 0 Å². The molecule has 1 nitrogen and oxygen atoms in total. The Bertz CT molecular complexity index is 367. The minimum absolute atomic E-state index is 0.326. The molecule has 2 rings (SSSR count). The minimum Gasteiger partial charge on any atom is -0.264 e. The molecule has 0 saturated heterocycles. The van der Waals surface area contributed by atoms with Crippen molar-refractivity contribution in [3.8, 4) is 0 Å². The average molecular weight is 203 g/mol. The lowest BCUT2D eigenvalue weighted by Gasteiger charge is -2.42. The van der Waals surface area contributed by atoms with Gasteiger partial charge in [-0.15, -0.1) is 0 Å². The van der Waals surface area contributed by atoms with Crippen LogP contribution in [0.5, 0.6) is 0 Å². The average Bonchev–Trinajstić information content (AvgIpc) is 2.25. The summed E-state index contributed by atoms with van der Waals surface area (Å²) in [6.45, 7) is 9.36. The van der Waals surface area contributed by atoms with E-state index in [0.29, 0.717) is 10.8 Å². The normalized spacial score (nSPS) is 28.5. The summed E-state index contributed by atoms with van der Waals surface area (Å²) in [5.41, 5.74) is 3.66. The molecule has 82 valence electrons. The highest BCUT2D eigenvalue weighted by Gasteiger charge is 2.38. The molecule has 0 radical (unpaired) electrons. The Kier molecular flexibility index (Phi) is 2.37. The number of hydrogen-bond acceptors (Lipinski definition) is 1. The second kappa shape index (κ2) is 3.33.